The maximum atomic E-state index is 13.8. The third kappa shape index (κ3) is 2.54. The van der Waals surface area contributed by atoms with Crippen molar-refractivity contribution >= 4 is 0 Å². The first kappa shape index (κ1) is 15.6. The predicted molar refractivity (Wildman–Crippen MR) is 72.9 cm³/mol. The Morgan fingerprint density at radius 2 is 1.14 bits per heavy atom. The molecule has 1 nitrogen and oxygen atoms in total. The van der Waals surface area contributed by atoms with Crippen LogP contribution in [0.2, 0.25) is 0 Å². The second-order valence-corrected chi connectivity index (χ2v) is 4.63. The Morgan fingerprint density at radius 1 is 0.727 bits per heavy atom. The van der Waals surface area contributed by atoms with E-state index in [-0.39, 0.29) is 0 Å². The van der Waals surface area contributed by atoms with Crippen molar-refractivity contribution in [3.63, 3.8) is 0 Å². The summed E-state index contributed by atoms with van der Waals surface area (Å²) in [6, 6.07) is 6.38. The van der Waals surface area contributed by atoms with Crippen molar-refractivity contribution in [3.8, 4) is 17.9 Å². The largest absolute Gasteiger partial charge is 0.202 e. The number of benzene rings is 2. The van der Waals surface area contributed by atoms with Crippen LogP contribution in [0.3, 0.4) is 0 Å². The van der Waals surface area contributed by atoms with E-state index in [4.69, 9.17) is 5.26 Å². The van der Waals surface area contributed by atoms with Crippen LogP contribution in [-0.4, -0.2) is 0 Å². The SMILES string of the molecule is Cc1cccc(C)c1C#Cc1c(F)c(F)c(C#N)c(F)c1F. The lowest BCUT2D eigenvalue weighted by Crippen LogP contribution is -2.04. The molecule has 0 radical (unpaired) electrons. The van der Waals surface area contributed by atoms with E-state index in [1.54, 1.807) is 32.0 Å². The average molecular weight is 303 g/mol. The van der Waals surface area contributed by atoms with E-state index in [9.17, 15) is 17.6 Å². The van der Waals surface area contributed by atoms with Crippen LogP contribution >= 0.6 is 0 Å². The van der Waals surface area contributed by atoms with E-state index < -0.39 is 34.4 Å². The van der Waals surface area contributed by atoms with E-state index in [1.807, 2.05) is 0 Å². The molecule has 0 saturated heterocycles. The second-order valence-electron chi connectivity index (χ2n) is 4.63. The van der Waals surface area contributed by atoms with Gasteiger partial charge >= 0.3 is 0 Å². The van der Waals surface area contributed by atoms with Crippen molar-refractivity contribution in [1.29, 1.82) is 5.26 Å². The van der Waals surface area contributed by atoms with Crippen molar-refractivity contribution in [2.24, 2.45) is 0 Å². The lowest BCUT2D eigenvalue weighted by atomic mass is 10.0. The van der Waals surface area contributed by atoms with Gasteiger partial charge in [-0.05, 0) is 25.0 Å². The molecule has 0 spiro atoms. The maximum Gasteiger partial charge on any atom is 0.181 e. The highest BCUT2D eigenvalue weighted by atomic mass is 19.2. The third-order valence-corrected chi connectivity index (χ3v) is 3.17. The lowest BCUT2D eigenvalue weighted by Gasteiger charge is -2.04. The van der Waals surface area contributed by atoms with Gasteiger partial charge in [0.1, 0.15) is 17.2 Å². The Morgan fingerprint density at radius 3 is 1.59 bits per heavy atom. The van der Waals surface area contributed by atoms with E-state index >= 15 is 0 Å². The van der Waals surface area contributed by atoms with Gasteiger partial charge < -0.3 is 0 Å². The van der Waals surface area contributed by atoms with Gasteiger partial charge in [0.15, 0.2) is 23.3 Å². The first-order valence-corrected chi connectivity index (χ1v) is 6.22. The summed E-state index contributed by atoms with van der Waals surface area (Å²) in [5.74, 6) is -2.18. The standard InChI is InChI=1S/C17H9F4N/c1-9-4-3-5-10(2)11(9)6-7-12-14(18)16(20)13(8-22)17(21)15(12)19/h3-5H,1-2H3. The summed E-state index contributed by atoms with van der Waals surface area (Å²) in [6.45, 7) is 3.51. The van der Waals surface area contributed by atoms with Crippen LogP contribution in [0.5, 0.6) is 0 Å². The third-order valence-electron chi connectivity index (χ3n) is 3.17. The highest BCUT2D eigenvalue weighted by Crippen LogP contribution is 2.23. The van der Waals surface area contributed by atoms with Crippen molar-refractivity contribution in [2.45, 2.75) is 13.8 Å². The zero-order valence-electron chi connectivity index (χ0n) is 11.7. The molecule has 0 bridgehead atoms. The van der Waals surface area contributed by atoms with Crippen LogP contribution in [0, 0.1) is 60.3 Å². The summed E-state index contributed by atoms with van der Waals surface area (Å²) in [7, 11) is 0. The molecule has 0 atom stereocenters. The Labute approximate surface area is 124 Å². The van der Waals surface area contributed by atoms with E-state index in [2.05, 4.69) is 11.8 Å². The summed E-state index contributed by atoms with van der Waals surface area (Å²) in [6.07, 6.45) is 0. The van der Waals surface area contributed by atoms with E-state index in [0.29, 0.717) is 5.56 Å². The van der Waals surface area contributed by atoms with Gasteiger partial charge in [-0.15, -0.1) is 0 Å². The number of hydrogen-bond acceptors (Lipinski definition) is 1. The average Bonchev–Trinajstić information content (AvgIpc) is 2.48. The molecule has 0 unspecified atom stereocenters. The molecule has 2 rings (SSSR count). The molecule has 0 aliphatic carbocycles. The Balaban J connectivity index is 2.68. The van der Waals surface area contributed by atoms with Crippen LogP contribution in [0.15, 0.2) is 18.2 Å². The van der Waals surface area contributed by atoms with Gasteiger partial charge in [0.05, 0.1) is 0 Å². The highest BCUT2D eigenvalue weighted by Gasteiger charge is 2.24. The fourth-order valence-electron chi connectivity index (χ4n) is 1.98. The van der Waals surface area contributed by atoms with Crippen molar-refractivity contribution < 1.29 is 17.6 Å². The molecule has 2 aromatic carbocycles. The number of aryl methyl sites for hydroxylation is 2. The number of halogens is 4. The van der Waals surface area contributed by atoms with Crippen LogP contribution in [-0.2, 0) is 0 Å². The monoisotopic (exact) mass is 303 g/mol. The van der Waals surface area contributed by atoms with Gasteiger partial charge in [-0.2, -0.15) is 5.26 Å². The Kier molecular flexibility index (Phi) is 4.19. The molecule has 0 heterocycles. The summed E-state index contributed by atoms with van der Waals surface area (Å²) < 4.78 is 54.5. The van der Waals surface area contributed by atoms with Gasteiger partial charge in [0.25, 0.3) is 0 Å². The molecule has 2 aromatic rings. The fraction of sp³-hybridized carbons (Fsp3) is 0.118. The number of nitrogens with zero attached hydrogens (tertiary/aromatic N) is 1. The predicted octanol–water partition coefficient (Wildman–Crippen LogP) is 4.13. The van der Waals surface area contributed by atoms with Crippen LogP contribution in [0.4, 0.5) is 17.6 Å². The smallest absolute Gasteiger partial charge is 0.181 e. The quantitative estimate of drug-likeness (QED) is 0.408. The first-order valence-electron chi connectivity index (χ1n) is 6.22. The summed E-state index contributed by atoms with van der Waals surface area (Å²) in [4.78, 5) is 0. The topological polar surface area (TPSA) is 23.8 Å². The van der Waals surface area contributed by atoms with Gasteiger partial charge in [0, 0.05) is 5.56 Å². The number of rotatable bonds is 0. The fourth-order valence-corrected chi connectivity index (χ4v) is 1.98. The van der Waals surface area contributed by atoms with Crippen LogP contribution in [0.1, 0.15) is 27.8 Å². The molecule has 0 N–H and O–H groups in total. The summed E-state index contributed by atoms with van der Waals surface area (Å²) in [5.41, 5.74) is -0.276. The Bertz CT molecular complexity index is 818. The van der Waals surface area contributed by atoms with Crippen LogP contribution in [0.25, 0.3) is 0 Å². The molecular formula is C17H9F4N. The molecule has 0 fully saturated rings. The molecule has 0 saturated carbocycles. The number of nitriles is 1. The minimum atomic E-state index is -1.74. The van der Waals surface area contributed by atoms with Crippen LogP contribution < -0.4 is 0 Å². The maximum absolute atomic E-state index is 13.8. The van der Waals surface area contributed by atoms with Gasteiger partial charge in [0.2, 0.25) is 0 Å². The zero-order chi connectivity index (χ0) is 16.4. The Hall–Kier alpha value is -2.79. The van der Waals surface area contributed by atoms with Crippen molar-refractivity contribution in [3.05, 3.63) is 69.3 Å². The highest BCUT2D eigenvalue weighted by molar-refractivity contribution is 5.52. The lowest BCUT2D eigenvalue weighted by molar-refractivity contribution is 0.447. The van der Waals surface area contributed by atoms with Gasteiger partial charge in [-0.1, -0.05) is 30.0 Å². The zero-order valence-corrected chi connectivity index (χ0v) is 11.7. The molecule has 0 aromatic heterocycles. The van der Waals surface area contributed by atoms with Crippen molar-refractivity contribution in [1.82, 2.24) is 0 Å². The molecule has 0 amide bonds. The minimum absolute atomic E-state index is 0.520. The van der Waals surface area contributed by atoms with E-state index in [1.165, 1.54) is 0 Å². The molecule has 22 heavy (non-hydrogen) atoms. The first-order chi connectivity index (χ1) is 10.4. The van der Waals surface area contributed by atoms with Gasteiger partial charge in [-0.25, -0.2) is 17.6 Å². The second kappa shape index (κ2) is 5.91. The van der Waals surface area contributed by atoms with E-state index in [0.717, 1.165) is 17.2 Å². The normalized spacial score (nSPS) is 9.86. The van der Waals surface area contributed by atoms with Gasteiger partial charge in [-0.3, -0.25) is 0 Å². The summed E-state index contributed by atoms with van der Waals surface area (Å²) in [5, 5.41) is 8.52. The number of hydrogen-bond donors (Lipinski definition) is 0. The minimum Gasteiger partial charge on any atom is -0.202 e. The summed E-state index contributed by atoms with van der Waals surface area (Å²) >= 11 is 0. The molecule has 0 aliphatic rings. The molecule has 110 valence electrons. The molecule has 5 heteroatoms. The van der Waals surface area contributed by atoms with Crippen molar-refractivity contribution in [2.75, 3.05) is 0 Å². The molecular weight excluding hydrogens is 294 g/mol. The molecule has 0 aliphatic heterocycles.